The van der Waals surface area contributed by atoms with Gasteiger partial charge in [0, 0.05) is 30.9 Å². The number of imidazole rings is 1. The van der Waals surface area contributed by atoms with E-state index in [4.69, 9.17) is 4.74 Å². The maximum absolute atomic E-state index is 11.7. The molecular weight excluding hydrogens is 252 g/mol. The first-order valence-electron chi connectivity index (χ1n) is 7.07. The highest BCUT2D eigenvalue weighted by molar-refractivity contribution is 5.98. The van der Waals surface area contributed by atoms with Gasteiger partial charge in [-0.05, 0) is 43.0 Å². The fourth-order valence-electron chi connectivity index (χ4n) is 2.57. The number of aromatic nitrogens is 2. The maximum Gasteiger partial charge on any atom is 0.163 e. The lowest BCUT2D eigenvalue weighted by Crippen LogP contribution is -2.11. The molecule has 0 radical (unpaired) electrons. The van der Waals surface area contributed by atoms with Crippen molar-refractivity contribution in [1.82, 2.24) is 9.55 Å². The molecule has 20 heavy (non-hydrogen) atoms. The minimum absolute atomic E-state index is 0.262. The lowest BCUT2D eigenvalue weighted by Gasteiger charge is -2.16. The predicted octanol–water partition coefficient (Wildman–Crippen LogP) is 2.87. The molecule has 1 aliphatic rings. The van der Waals surface area contributed by atoms with Crippen molar-refractivity contribution in [2.75, 3.05) is 6.61 Å². The van der Waals surface area contributed by atoms with Crippen LogP contribution in [-0.2, 0) is 13.0 Å². The second-order valence-corrected chi connectivity index (χ2v) is 5.10. The molecule has 1 aromatic carbocycles. The summed E-state index contributed by atoms with van der Waals surface area (Å²) in [6, 6.07) is 5.82. The number of ether oxygens (including phenoxy) is 1. The van der Waals surface area contributed by atoms with Gasteiger partial charge in [-0.1, -0.05) is 0 Å². The second kappa shape index (κ2) is 5.90. The SMILES string of the molecule is O=C1CCCc2cc(OCCCn3ccnc3)ccc21. The van der Waals surface area contributed by atoms with Crippen molar-refractivity contribution in [1.29, 1.82) is 0 Å². The first kappa shape index (κ1) is 12.9. The molecule has 0 fully saturated rings. The summed E-state index contributed by atoms with van der Waals surface area (Å²) in [7, 11) is 0. The Kier molecular flexibility index (Phi) is 3.81. The van der Waals surface area contributed by atoms with Gasteiger partial charge in [0.2, 0.25) is 0 Å². The number of nitrogens with zero attached hydrogens (tertiary/aromatic N) is 2. The predicted molar refractivity (Wildman–Crippen MR) is 76.0 cm³/mol. The normalized spacial score (nSPS) is 14.1. The quantitative estimate of drug-likeness (QED) is 0.785. The third kappa shape index (κ3) is 2.90. The number of fused-ring (bicyclic) bond motifs is 1. The number of carbonyl (C=O) groups excluding carboxylic acids is 1. The van der Waals surface area contributed by atoms with Crippen LogP contribution in [-0.4, -0.2) is 21.9 Å². The van der Waals surface area contributed by atoms with Crippen molar-refractivity contribution in [2.45, 2.75) is 32.2 Å². The summed E-state index contributed by atoms with van der Waals surface area (Å²) in [5.74, 6) is 1.13. The van der Waals surface area contributed by atoms with Crippen LogP contribution in [0.5, 0.6) is 5.75 Å². The van der Waals surface area contributed by atoms with Gasteiger partial charge in [0.15, 0.2) is 5.78 Å². The van der Waals surface area contributed by atoms with Crippen LogP contribution in [0.2, 0.25) is 0 Å². The van der Waals surface area contributed by atoms with E-state index in [0.717, 1.165) is 42.7 Å². The van der Waals surface area contributed by atoms with Crippen molar-refractivity contribution in [3.05, 3.63) is 48.0 Å². The van der Waals surface area contributed by atoms with Crippen molar-refractivity contribution in [2.24, 2.45) is 0 Å². The van der Waals surface area contributed by atoms with Gasteiger partial charge in [0.25, 0.3) is 0 Å². The van der Waals surface area contributed by atoms with Crippen LogP contribution < -0.4 is 4.74 Å². The van der Waals surface area contributed by atoms with Crippen LogP contribution in [0.4, 0.5) is 0 Å². The molecule has 0 saturated heterocycles. The van der Waals surface area contributed by atoms with E-state index in [1.807, 2.05) is 35.3 Å². The molecule has 0 amide bonds. The summed E-state index contributed by atoms with van der Waals surface area (Å²) in [6.45, 7) is 1.58. The van der Waals surface area contributed by atoms with E-state index in [1.54, 1.807) is 6.20 Å². The van der Waals surface area contributed by atoms with E-state index < -0.39 is 0 Å². The van der Waals surface area contributed by atoms with E-state index in [1.165, 1.54) is 0 Å². The van der Waals surface area contributed by atoms with Gasteiger partial charge in [0.05, 0.1) is 12.9 Å². The number of benzene rings is 1. The zero-order valence-electron chi connectivity index (χ0n) is 11.4. The number of aryl methyl sites for hydroxylation is 2. The second-order valence-electron chi connectivity index (χ2n) is 5.10. The summed E-state index contributed by atoms with van der Waals surface area (Å²) in [6.07, 6.45) is 9.09. The molecule has 0 spiro atoms. The van der Waals surface area contributed by atoms with Gasteiger partial charge in [-0.15, -0.1) is 0 Å². The smallest absolute Gasteiger partial charge is 0.163 e. The fraction of sp³-hybridized carbons (Fsp3) is 0.375. The molecule has 0 unspecified atom stereocenters. The Morgan fingerprint density at radius 2 is 2.25 bits per heavy atom. The van der Waals surface area contributed by atoms with Crippen molar-refractivity contribution in [3.8, 4) is 5.75 Å². The molecule has 4 heteroatoms. The van der Waals surface area contributed by atoms with Gasteiger partial charge in [-0.2, -0.15) is 0 Å². The lowest BCUT2D eigenvalue weighted by atomic mass is 9.90. The van der Waals surface area contributed by atoms with Crippen LogP contribution >= 0.6 is 0 Å². The van der Waals surface area contributed by atoms with Crippen LogP contribution in [0.25, 0.3) is 0 Å². The Labute approximate surface area is 118 Å². The Bertz CT molecular complexity index is 591. The van der Waals surface area contributed by atoms with E-state index >= 15 is 0 Å². The molecule has 2 aromatic rings. The van der Waals surface area contributed by atoms with E-state index in [-0.39, 0.29) is 5.78 Å². The van der Waals surface area contributed by atoms with E-state index in [0.29, 0.717) is 13.0 Å². The number of hydrogen-bond donors (Lipinski definition) is 0. The van der Waals surface area contributed by atoms with Crippen LogP contribution in [0.15, 0.2) is 36.9 Å². The Morgan fingerprint density at radius 3 is 3.10 bits per heavy atom. The lowest BCUT2D eigenvalue weighted by molar-refractivity contribution is 0.0972. The monoisotopic (exact) mass is 270 g/mol. The average Bonchev–Trinajstić information content (AvgIpc) is 2.97. The summed E-state index contributed by atoms with van der Waals surface area (Å²) >= 11 is 0. The highest BCUT2D eigenvalue weighted by Crippen LogP contribution is 2.25. The van der Waals surface area contributed by atoms with Gasteiger partial charge in [0.1, 0.15) is 5.75 Å². The molecule has 4 nitrogen and oxygen atoms in total. The van der Waals surface area contributed by atoms with Crippen LogP contribution in [0.1, 0.15) is 35.2 Å². The molecule has 3 rings (SSSR count). The van der Waals surface area contributed by atoms with Crippen LogP contribution in [0, 0.1) is 0 Å². The van der Waals surface area contributed by atoms with E-state index in [9.17, 15) is 4.79 Å². The number of ketones is 1. The zero-order chi connectivity index (χ0) is 13.8. The molecule has 0 atom stereocenters. The largest absolute Gasteiger partial charge is 0.494 e. The third-order valence-corrected chi connectivity index (χ3v) is 3.62. The molecular formula is C16H18N2O2. The van der Waals surface area contributed by atoms with Gasteiger partial charge in [-0.25, -0.2) is 4.98 Å². The van der Waals surface area contributed by atoms with Gasteiger partial charge < -0.3 is 9.30 Å². The Morgan fingerprint density at radius 1 is 1.30 bits per heavy atom. The highest BCUT2D eigenvalue weighted by atomic mass is 16.5. The van der Waals surface area contributed by atoms with Crippen molar-refractivity contribution < 1.29 is 9.53 Å². The number of rotatable bonds is 5. The number of hydrogen-bond acceptors (Lipinski definition) is 3. The fourth-order valence-corrected chi connectivity index (χ4v) is 2.57. The molecule has 1 aromatic heterocycles. The first-order chi connectivity index (χ1) is 9.83. The van der Waals surface area contributed by atoms with Crippen molar-refractivity contribution >= 4 is 5.78 Å². The molecule has 0 saturated carbocycles. The van der Waals surface area contributed by atoms with Gasteiger partial charge >= 0.3 is 0 Å². The summed E-state index contributed by atoms with van der Waals surface area (Å²) in [4.78, 5) is 15.7. The zero-order valence-corrected chi connectivity index (χ0v) is 11.4. The Balaban J connectivity index is 1.54. The topological polar surface area (TPSA) is 44.1 Å². The summed E-state index contributed by atoms with van der Waals surface area (Å²) in [5.41, 5.74) is 2.01. The standard InChI is InChI=1S/C16H18N2O2/c19-16-4-1-3-13-11-14(5-6-15(13)16)20-10-2-8-18-9-7-17-12-18/h5-7,9,11-12H,1-4,8,10H2. The van der Waals surface area contributed by atoms with Crippen molar-refractivity contribution in [3.63, 3.8) is 0 Å². The van der Waals surface area contributed by atoms with Crippen LogP contribution in [0.3, 0.4) is 0 Å². The molecule has 0 bridgehead atoms. The maximum atomic E-state index is 11.7. The minimum Gasteiger partial charge on any atom is -0.494 e. The molecule has 1 aliphatic carbocycles. The average molecular weight is 270 g/mol. The molecule has 0 aliphatic heterocycles. The highest BCUT2D eigenvalue weighted by Gasteiger charge is 2.17. The summed E-state index contributed by atoms with van der Waals surface area (Å²) in [5, 5.41) is 0. The number of carbonyl (C=O) groups is 1. The summed E-state index contributed by atoms with van der Waals surface area (Å²) < 4.78 is 7.80. The van der Waals surface area contributed by atoms with E-state index in [2.05, 4.69) is 4.98 Å². The first-order valence-corrected chi connectivity index (χ1v) is 7.07. The third-order valence-electron chi connectivity index (χ3n) is 3.62. The minimum atomic E-state index is 0.262. The molecule has 104 valence electrons. The molecule has 0 N–H and O–H groups in total. The van der Waals surface area contributed by atoms with Gasteiger partial charge in [-0.3, -0.25) is 4.79 Å². The Hall–Kier alpha value is -2.10. The molecule has 1 heterocycles. The number of Topliss-reactive ketones (excluding diaryl/α,β-unsaturated/α-hetero) is 1.